The fourth-order valence-corrected chi connectivity index (χ4v) is 6.73. The van der Waals surface area contributed by atoms with Gasteiger partial charge < -0.3 is 9.47 Å². The highest BCUT2D eigenvalue weighted by Crippen LogP contribution is 2.42. The molecule has 0 radical (unpaired) electrons. The van der Waals surface area contributed by atoms with Gasteiger partial charge in [-0.25, -0.2) is 0 Å². The Morgan fingerprint density at radius 3 is 2.33 bits per heavy atom. The monoisotopic (exact) mass is 625 g/mol. The van der Waals surface area contributed by atoms with Crippen LogP contribution in [0.1, 0.15) is 18.1 Å². The smallest absolute Gasteiger partial charge is 0.270 e. The lowest BCUT2D eigenvalue weighted by molar-refractivity contribution is -0.113. The number of thioether (sulfide) groups is 1. The molecule has 5 aromatic carbocycles. The van der Waals surface area contributed by atoms with Crippen molar-refractivity contribution in [1.82, 2.24) is 0 Å². The fourth-order valence-electron chi connectivity index (χ4n) is 4.87. The van der Waals surface area contributed by atoms with Crippen LogP contribution in [0.4, 0.5) is 5.69 Å². The Morgan fingerprint density at radius 2 is 1.55 bits per heavy atom. The highest BCUT2D eigenvalue weighted by Gasteiger charge is 2.34. The number of carbonyl (C=O) groups is 1. The number of rotatable bonds is 7. The van der Waals surface area contributed by atoms with E-state index in [0.717, 1.165) is 37.4 Å². The van der Waals surface area contributed by atoms with Crippen LogP contribution in [0.5, 0.6) is 11.5 Å². The molecule has 0 aliphatic carbocycles. The van der Waals surface area contributed by atoms with Gasteiger partial charge in [0.1, 0.15) is 6.61 Å². The maximum atomic E-state index is 13.6. The van der Waals surface area contributed by atoms with Gasteiger partial charge in [0.25, 0.3) is 5.91 Å². The Bertz CT molecular complexity index is 1810. The summed E-state index contributed by atoms with van der Waals surface area (Å²) in [5.74, 6) is 1.08. The molecule has 0 aromatic heterocycles. The van der Waals surface area contributed by atoms with E-state index in [2.05, 4.69) is 40.2 Å². The van der Waals surface area contributed by atoms with Crippen molar-refractivity contribution in [3.05, 3.63) is 118 Å². The summed E-state index contributed by atoms with van der Waals surface area (Å²) in [6, 6.07) is 32.2. The fraction of sp³-hybridized carbons (Fsp3) is 0.0909. The molecule has 7 heteroatoms. The largest absolute Gasteiger partial charge is 0.490 e. The first-order valence-electron chi connectivity index (χ1n) is 12.8. The molecule has 40 heavy (non-hydrogen) atoms. The number of halogens is 1. The molecule has 0 unspecified atom stereocenters. The summed E-state index contributed by atoms with van der Waals surface area (Å²) in [7, 11) is 0. The molecule has 5 aromatic rings. The normalized spacial score (nSPS) is 14.4. The lowest BCUT2D eigenvalue weighted by Crippen LogP contribution is -2.27. The first kappa shape index (κ1) is 26.6. The average Bonchev–Trinajstić information content (AvgIpc) is 3.24. The Morgan fingerprint density at radius 1 is 0.875 bits per heavy atom. The summed E-state index contributed by atoms with van der Waals surface area (Å²) < 4.78 is 13.5. The lowest BCUT2D eigenvalue weighted by Gasteiger charge is -2.17. The first-order chi connectivity index (χ1) is 19.5. The molecule has 0 spiro atoms. The van der Waals surface area contributed by atoms with Gasteiger partial charge in [-0.05, 0) is 74.4 Å². The van der Waals surface area contributed by atoms with Gasteiger partial charge in [0, 0.05) is 5.39 Å². The Balaban J connectivity index is 1.30. The minimum atomic E-state index is -0.142. The summed E-state index contributed by atoms with van der Waals surface area (Å²) in [6.45, 7) is 2.80. The highest BCUT2D eigenvalue weighted by molar-refractivity contribution is 9.10. The van der Waals surface area contributed by atoms with E-state index in [-0.39, 0.29) is 5.91 Å². The maximum absolute atomic E-state index is 13.6. The van der Waals surface area contributed by atoms with Gasteiger partial charge in [0.2, 0.25) is 0 Å². The zero-order chi connectivity index (χ0) is 27.6. The standard InChI is InChI=1S/C33H24BrNO3S2/c1-2-37-29-18-21(17-27(34)31(29)38-20-24-13-7-11-22-9-3-5-14-25(22)24)19-30-32(36)35(33(39)40-30)28-16-8-12-23-10-4-6-15-26(23)28/h3-19H,2,20H2,1H3/b30-19-. The number of nitrogens with zero attached hydrogens (tertiary/aromatic N) is 1. The van der Waals surface area contributed by atoms with Crippen molar-refractivity contribution in [2.45, 2.75) is 13.5 Å². The number of benzene rings is 5. The van der Waals surface area contributed by atoms with Gasteiger partial charge in [0.15, 0.2) is 15.8 Å². The molecule has 0 saturated carbocycles. The van der Waals surface area contributed by atoms with Crippen molar-refractivity contribution >= 4 is 83.4 Å². The van der Waals surface area contributed by atoms with Gasteiger partial charge in [-0.1, -0.05) is 103 Å². The van der Waals surface area contributed by atoms with E-state index in [4.69, 9.17) is 21.7 Å². The van der Waals surface area contributed by atoms with E-state index < -0.39 is 0 Å². The van der Waals surface area contributed by atoms with Crippen LogP contribution in [0.15, 0.2) is 106 Å². The van der Waals surface area contributed by atoms with Gasteiger partial charge in [0.05, 0.1) is 21.7 Å². The predicted octanol–water partition coefficient (Wildman–Crippen LogP) is 9.14. The molecule has 1 aliphatic rings. The molecule has 4 nitrogen and oxygen atoms in total. The molecular formula is C33H24BrNO3S2. The van der Waals surface area contributed by atoms with Crippen LogP contribution in [-0.4, -0.2) is 16.8 Å². The van der Waals surface area contributed by atoms with Crippen LogP contribution in [0.3, 0.4) is 0 Å². The van der Waals surface area contributed by atoms with Crippen molar-refractivity contribution in [2.75, 3.05) is 11.5 Å². The van der Waals surface area contributed by atoms with Gasteiger partial charge in [-0.2, -0.15) is 0 Å². The van der Waals surface area contributed by atoms with Gasteiger partial charge in [-0.15, -0.1) is 0 Å². The Hall–Kier alpha value is -3.65. The van der Waals surface area contributed by atoms with Crippen molar-refractivity contribution < 1.29 is 14.3 Å². The summed E-state index contributed by atoms with van der Waals surface area (Å²) in [6.07, 6.45) is 1.85. The summed E-state index contributed by atoms with van der Waals surface area (Å²) in [4.78, 5) is 15.7. The second kappa shape index (κ2) is 11.5. The zero-order valence-electron chi connectivity index (χ0n) is 21.6. The molecule has 6 rings (SSSR count). The predicted molar refractivity (Wildman–Crippen MR) is 173 cm³/mol. The van der Waals surface area contributed by atoms with E-state index in [0.29, 0.717) is 33.9 Å². The molecule has 0 atom stereocenters. The third-order valence-electron chi connectivity index (χ3n) is 6.68. The van der Waals surface area contributed by atoms with E-state index >= 15 is 0 Å². The number of fused-ring (bicyclic) bond motifs is 2. The summed E-state index contributed by atoms with van der Waals surface area (Å²) in [5, 5.41) is 4.37. The van der Waals surface area contributed by atoms with E-state index in [1.165, 1.54) is 17.1 Å². The first-order valence-corrected chi connectivity index (χ1v) is 14.9. The topological polar surface area (TPSA) is 38.8 Å². The molecule has 198 valence electrons. The van der Waals surface area contributed by atoms with E-state index in [9.17, 15) is 4.79 Å². The molecular weight excluding hydrogens is 602 g/mol. The lowest BCUT2D eigenvalue weighted by atomic mass is 10.1. The molecule has 1 fully saturated rings. The van der Waals surface area contributed by atoms with Crippen LogP contribution in [0, 0.1) is 0 Å². The van der Waals surface area contributed by atoms with Crippen molar-refractivity contribution in [3.63, 3.8) is 0 Å². The van der Waals surface area contributed by atoms with Crippen molar-refractivity contribution in [1.29, 1.82) is 0 Å². The summed E-state index contributed by atoms with van der Waals surface area (Å²) in [5.41, 5.74) is 2.69. The number of amides is 1. The molecule has 0 N–H and O–H groups in total. The molecule has 1 saturated heterocycles. The minimum Gasteiger partial charge on any atom is -0.490 e. The van der Waals surface area contributed by atoms with Crippen LogP contribution < -0.4 is 14.4 Å². The quantitative estimate of drug-likeness (QED) is 0.133. The Kier molecular flexibility index (Phi) is 7.61. The number of ether oxygens (including phenoxy) is 2. The molecule has 1 heterocycles. The number of anilines is 1. The number of hydrogen-bond donors (Lipinski definition) is 0. The number of thiocarbonyl (C=S) groups is 1. The second-order valence-electron chi connectivity index (χ2n) is 9.21. The Labute approximate surface area is 250 Å². The maximum Gasteiger partial charge on any atom is 0.270 e. The molecule has 0 bridgehead atoms. The van der Waals surface area contributed by atoms with Gasteiger partial charge >= 0.3 is 0 Å². The third-order valence-corrected chi connectivity index (χ3v) is 8.57. The number of hydrogen-bond acceptors (Lipinski definition) is 5. The average molecular weight is 627 g/mol. The highest BCUT2D eigenvalue weighted by atomic mass is 79.9. The molecule has 1 amide bonds. The van der Waals surface area contributed by atoms with Crippen LogP contribution >= 0.6 is 39.9 Å². The van der Waals surface area contributed by atoms with Crippen LogP contribution in [0.2, 0.25) is 0 Å². The van der Waals surface area contributed by atoms with Crippen LogP contribution in [-0.2, 0) is 11.4 Å². The minimum absolute atomic E-state index is 0.142. The van der Waals surface area contributed by atoms with Crippen molar-refractivity contribution in [2.24, 2.45) is 0 Å². The van der Waals surface area contributed by atoms with Crippen LogP contribution in [0.25, 0.3) is 27.6 Å². The number of carbonyl (C=O) groups excluding carboxylic acids is 1. The van der Waals surface area contributed by atoms with Gasteiger partial charge in [-0.3, -0.25) is 9.69 Å². The second-order valence-corrected chi connectivity index (χ2v) is 11.7. The van der Waals surface area contributed by atoms with E-state index in [1.54, 1.807) is 4.90 Å². The zero-order valence-corrected chi connectivity index (χ0v) is 24.8. The summed E-state index contributed by atoms with van der Waals surface area (Å²) >= 11 is 10.6. The SMILES string of the molecule is CCOc1cc(/C=C2\SC(=S)N(c3cccc4ccccc34)C2=O)cc(Br)c1OCc1cccc2ccccc12. The third kappa shape index (κ3) is 5.12. The molecule has 1 aliphatic heterocycles. The van der Waals surface area contributed by atoms with E-state index in [1.807, 2.05) is 85.8 Å². The van der Waals surface area contributed by atoms with Crippen molar-refractivity contribution in [3.8, 4) is 11.5 Å².